The van der Waals surface area contributed by atoms with Gasteiger partial charge in [0.1, 0.15) is 13.1 Å². The van der Waals surface area contributed by atoms with Gasteiger partial charge in [-0.2, -0.15) is 0 Å². The standard InChI is InChI=1S/C28H41N2/c1-7-27(29(8-2)9-3)17-12-23(6)20-25-13-14-26(22-25)21-24-15-18-28(19-16-24)30(10-4)11-5/h7,12,15,17-18,20-22H,1,8-11,13-14,16,19H2,2-6H3/q+1. The van der Waals surface area contributed by atoms with E-state index in [9.17, 15) is 0 Å². The number of hydrogen-bond donors (Lipinski definition) is 0. The van der Waals surface area contributed by atoms with Crippen LogP contribution in [0.25, 0.3) is 0 Å². The zero-order valence-electron chi connectivity index (χ0n) is 19.9. The van der Waals surface area contributed by atoms with Crippen molar-refractivity contribution < 1.29 is 4.58 Å². The molecule has 0 radical (unpaired) electrons. The summed E-state index contributed by atoms with van der Waals surface area (Å²) in [7, 11) is 0. The van der Waals surface area contributed by atoms with Crippen LogP contribution in [0.5, 0.6) is 0 Å². The summed E-state index contributed by atoms with van der Waals surface area (Å²) in [6.07, 6.45) is 22.7. The highest BCUT2D eigenvalue weighted by molar-refractivity contribution is 5.92. The molecule has 0 spiro atoms. The maximum Gasteiger partial charge on any atom is 0.176 e. The molecule has 0 aromatic heterocycles. The number of hydrogen-bond acceptors (Lipinski definition) is 1. The first-order chi connectivity index (χ1) is 14.5. The summed E-state index contributed by atoms with van der Waals surface area (Å²) in [5.74, 6) is 0. The van der Waals surface area contributed by atoms with Crippen molar-refractivity contribution >= 4 is 5.71 Å². The lowest BCUT2D eigenvalue weighted by molar-refractivity contribution is -0.521. The Morgan fingerprint density at radius 3 is 2.23 bits per heavy atom. The fourth-order valence-electron chi connectivity index (χ4n) is 4.24. The minimum atomic E-state index is 1.01. The molecule has 162 valence electrons. The summed E-state index contributed by atoms with van der Waals surface area (Å²) < 4.78 is 2.46. The lowest BCUT2D eigenvalue weighted by atomic mass is 9.98. The van der Waals surface area contributed by atoms with Gasteiger partial charge in [0.25, 0.3) is 0 Å². The van der Waals surface area contributed by atoms with Crippen molar-refractivity contribution in [2.75, 3.05) is 26.2 Å². The van der Waals surface area contributed by atoms with Gasteiger partial charge in [-0.3, -0.25) is 0 Å². The lowest BCUT2D eigenvalue weighted by Gasteiger charge is -2.21. The summed E-state index contributed by atoms with van der Waals surface area (Å²) in [6.45, 7) is 19.2. The molecule has 2 heteroatoms. The fourth-order valence-corrected chi connectivity index (χ4v) is 4.24. The molecule has 2 aliphatic carbocycles. The van der Waals surface area contributed by atoms with Crippen molar-refractivity contribution in [1.29, 1.82) is 0 Å². The second-order valence-corrected chi connectivity index (χ2v) is 8.03. The van der Waals surface area contributed by atoms with Gasteiger partial charge in [0, 0.05) is 31.3 Å². The molecule has 0 bridgehead atoms. The van der Waals surface area contributed by atoms with Gasteiger partial charge >= 0.3 is 0 Å². The summed E-state index contributed by atoms with van der Waals surface area (Å²) in [5.41, 5.74) is 8.32. The van der Waals surface area contributed by atoms with Gasteiger partial charge in [0.05, 0.1) is 0 Å². The highest BCUT2D eigenvalue weighted by Crippen LogP contribution is 2.28. The van der Waals surface area contributed by atoms with Crippen LogP contribution < -0.4 is 0 Å². The van der Waals surface area contributed by atoms with Crippen LogP contribution >= 0.6 is 0 Å². The summed E-state index contributed by atoms with van der Waals surface area (Å²) >= 11 is 0. The zero-order valence-corrected chi connectivity index (χ0v) is 19.9. The van der Waals surface area contributed by atoms with E-state index in [0.717, 1.165) is 51.9 Å². The van der Waals surface area contributed by atoms with Gasteiger partial charge in [-0.25, -0.2) is 4.58 Å². The second kappa shape index (κ2) is 12.4. The average molecular weight is 406 g/mol. The molecule has 0 amide bonds. The summed E-state index contributed by atoms with van der Waals surface area (Å²) in [5, 5.41) is 0. The fraction of sp³-hybridized carbons (Fsp3) is 0.464. The molecular formula is C28H41N2+. The third-order valence-corrected chi connectivity index (χ3v) is 6.04. The maximum atomic E-state index is 3.97. The molecule has 0 atom stereocenters. The molecule has 2 nitrogen and oxygen atoms in total. The SMILES string of the molecule is C=C\C(=C/C=C(C)/C=C1C=C(/C=C2\C=CC(=[N+](CC)CC)CC2)CC/1)N(CC)CC. The molecule has 0 fully saturated rings. The zero-order chi connectivity index (χ0) is 21.9. The quantitative estimate of drug-likeness (QED) is 0.303. The Bertz CT molecular complexity index is 815. The van der Waals surface area contributed by atoms with Gasteiger partial charge in [-0.1, -0.05) is 42.5 Å². The molecular weight excluding hydrogens is 364 g/mol. The second-order valence-electron chi connectivity index (χ2n) is 8.03. The van der Waals surface area contributed by atoms with E-state index in [0.29, 0.717) is 0 Å². The van der Waals surface area contributed by atoms with Crippen molar-refractivity contribution in [3.05, 3.63) is 83.2 Å². The average Bonchev–Trinajstić information content (AvgIpc) is 3.19. The predicted molar refractivity (Wildman–Crippen MR) is 133 cm³/mol. The third-order valence-electron chi connectivity index (χ3n) is 6.04. The van der Waals surface area contributed by atoms with Crippen LogP contribution in [-0.4, -0.2) is 41.4 Å². The topological polar surface area (TPSA) is 6.25 Å². The Balaban J connectivity index is 2.09. The highest BCUT2D eigenvalue weighted by Gasteiger charge is 2.15. The van der Waals surface area contributed by atoms with Crippen LogP contribution in [0, 0.1) is 0 Å². The molecule has 0 saturated carbocycles. The molecule has 0 heterocycles. The maximum absolute atomic E-state index is 3.97. The van der Waals surface area contributed by atoms with Crippen LogP contribution in [0.4, 0.5) is 0 Å². The van der Waals surface area contributed by atoms with E-state index < -0.39 is 0 Å². The van der Waals surface area contributed by atoms with Crippen LogP contribution in [-0.2, 0) is 0 Å². The van der Waals surface area contributed by atoms with E-state index >= 15 is 0 Å². The number of likely N-dealkylation sites (N-methyl/N-ethyl adjacent to an activating group) is 1. The van der Waals surface area contributed by atoms with E-state index in [2.05, 4.69) is 93.2 Å². The minimum absolute atomic E-state index is 1.01. The monoisotopic (exact) mass is 405 g/mol. The number of nitrogens with zero attached hydrogens (tertiary/aromatic N) is 2. The van der Waals surface area contributed by atoms with Gasteiger partial charge in [-0.15, -0.1) is 0 Å². The van der Waals surface area contributed by atoms with Gasteiger partial charge in [0.15, 0.2) is 5.71 Å². The number of rotatable bonds is 9. The van der Waals surface area contributed by atoms with Crippen molar-refractivity contribution in [2.45, 2.75) is 60.3 Å². The Kier molecular flexibility index (Phi) is 9.86. The Morgan fingerprint density at radius 2 is 1.67 bits per heavy atom. The van der Waals surface area contributed by atoms with Gasteiger partial charge in [0.2, 0.25) is 0 Å². The molecule has 0 aromatic carbocycles. The van der Waals surface area contributed by atoms with E-state index in [1.165, 1.54) is 33.7 Å². The molecule has 0 N–H and O–H groups in total. The third kappa shape index (κ3) is 6.86. The van der Waals surface area contributed by atoms with E-state index in [1.807, 2.05) is 6.08 Å². The molecule has 2 aliphatic rings. The van der Waals surface area contributed by atoms with Crippen LogP contribution in [0.15, 0.2) is 83.2 Å². The first-order valence-electron chi connectivity index (χ1n) is 11.7. The van der Waals surface area contributed by atoms with Crippen LogP contribution in [0.1, 0.15) is 60.3 Å². The molecule has 2 rings (SSSR count). The van der Waals surface area contributed by atoms with Crippen molar-refractivity contribution in [3.63, 3.8) is 0 Å². The van der Waals surface area contributed by atoms with E-state index in [1.54, 1.807) is 0 Å². The Labute approximate surface area is 185 Å². The molecule has 0 aliphatic heterocycles. The molecule has 0 aromatic rings. The first kappa shape index (κ1) is 23.9. The van der Waals surface area contributed by atoms with Crippen molar-refractivity contribution in [2.24, 2.45) is 0 Å². The van der Waals surface area contributed by atoms with Crippen LogP contribution in [0.3, 0.4) is 0 Å². The lowest BCUT2D eigenvalue weighted by Crippen LogP contribution is -2.21. The predicted octanol–water partition coefficient (Wildman–Crippen LogP) is 6.76. The Hall–Kier alpha value is -2.35. The van der Waals surface area contributed by atoms with Crippen molar-refractivity contribution in [3.8, 4) is 0 Å². The van der Waals surface area contributed by atoms with Gasteiger partial charge in [-0.05, 0) is 82.8 Å². The highest BCUT2D eigenvalue weighted by atomic mass is 15.1. The van der Waals surface area contributed by atoms with E-state index in [-0.39, 0.29) is 0 Å². The van der Waals surface area contributed by atoms with Crippen molar-refractivity contribution in [1.82, 2.24) is 4.90 Å². The first-order valence-corrected chi connectivity index (χ1v) is 11.7. The Morgan fingerprint density at radius 1 is 0.967 bits per heavy atom. The molecule has 0 unspecified atom stereocenters. The number of allylic oxidation sites excluding steroid dienone is 12. The van der Waals surface area contributed by atoms with E-state index in [4.69, 9.17) is 0 Å². The molecule has 30 heavy (non-hydrogen) atoms. The van der Waals surface area contributed by atoms with Gasteiger partial charge < -0.3 is 4.90 Å². The summed E-state index contributed by atoms with van der Waals surface area (Å²) in [6, 6.07) is 0. The largest absolute Gasteiger partial charge is 0.372 e. The van der Waals surface area contributed by atoms with Crippen LogP contribution in [0.2, 0.25) is 0 Å². The molecule has 0 saturated heterocycles. The smallest absolute Gasteiger partial charge is 0.176 e. The minimum Gasteiger partial charge on any atom is -0.372 e. The summed E-state index contributed by atoms with van der Waals surface area (Å²) in [4.78, 5) is 2.32. The normalized spacial score (nSPS) is 20.2.